The second kappa shape index (κ2) is 19.3. The first-order valence-corrected chi connectivity index (χ1v) is 12.5. The number of carboxylic acids is 1. The van der Waals surface area contributed by atoms with E-state index in [2.05, 4.69) is 13.0 Å². The molecule has 174 valence electrons. The molecule has 31 heavy (non-hydrogen) atoms. The van der Waals surface area contributed by atoms with Crippen LogP contribution in [0, 0.1) is 0 Å². The van der Waals surface area contributed by atoms with Gasteiger partial charge in [0.25, 0.3) is 0 Å². The zero-order valence-corrected chi connectivity index (χ0v) is 22.8. The van der Waals surface area contributed by atoms with E-state index in [0.717, 1.165) is 30.2 Å². The van der Waals surface area contributed by atoms with Gasteiger partial charge in [-0.15, -0.1) is 11.8 Å². The van der Waals surface area contributed by atoms with Crippen LogP contribution < -0.4 is 0 Å². The Kier molecular flexibility index (Phi) is 19.1. The van der Waals surface area contributed by atoms with Crippen molar-refractivity contribution in [2.75, 3.05) is 0 Å². The van der Waals surface area contributed by atoms with Crippen molar-refractivity contribution >= 4 is 61.4 Å². The first-order chi connectivity index (χ1) is 14.5. The summed E-state index contributed by atoms with van der Waals surface area (Å²) in [6.07, 6.45) is 14.2. The minimum Gasteiger partial charge on any atom is -1.00 e. The van der Waals surface area contributed by atoms with Crippen molar-refractivity contribution in [1.29, 1.82) is 0 Å². The molecule has 2 atom stereocenters. The Morgan fingerprint density at radius 1 is 0.903 bits per heavy atom. The van der Waals surface area contributed by atoms with Crippen LogP contribution in [0.4, 0.5) is 0 Å². The predicted octanol–water partition coefficient (Wildman–Crippen LogP) is 6.63. The minimum absolute atomic E-state index is 0. The number of carbonyl (C=O) groups is 2. The number of ether oxygens (including phenoxy) is 1. The Labute approximate surface area is 226 Å². The second-order valence-corrected chi connectivity index (χ2v) is 9.75. The van der Waals surface area contributed by atoms with Crippen molar-refractivity contribution in [3.63, 3.8) is 0 Å². The van der Waals surface area contributed by atoms with Gasteiger partial charge in [0.05, 0.1) is 0 Å². The fourth-order valence-electron chi connectivity index (χ4n) is 3.43. The van der Waals surface area contributed by atoms with Crippen LogP contribution in [0.2, 0.25) is 0 Å². The molecule has 1 rings (SSSR count). The summed E-state index contributed by atoms with van der Waals surface area (Å²) in [7, 11) is 0. The molecule has 6 heteroatoms. The largest absolute Gasteiger partial charge is 2.00 e. The van der Waals surface area contributed by atoms with E-state index in [-0.39, 0.29) is 53.2 Å². The fourth-order valence-corrected chi connectivity index (χ4v) is 4.34. The van der Waals surface area contributed by atoms with Crippen LogP contribution in [0.25, 0.3) is 0 Å². The summed E-state index contributed by atoms with van der Waals surface area (Å²) in [6.45, 7) is 5.78. The van der Waals surface area contributed by atoms with Gasteiger partial charge >= 0.3 is 49.7 Å². The van der Waals surface area contributed by atoms with Crippen molar-refractivity contribution in [3.8, 4) is 0 Å². The molecule has 0 aliphatic carbocycles. The summed E-state index contributed by atoms with van der Waals surface area (Å²) in [5.41, 5.74) is 2.29. The van der Waals surface area contributed by atoms with Crippen molar-refractivity contribution in [3.05, 3.63) is 35.4 Å². The summed E-state index contributed by atoms with van der Waals surface area (Å²) >= 11 is 1.11. The van der Waals surface area contributed by atoms with Gasteiger partial charge in [0, 0.05) is 0 Å². The molecule has 0 fully saturated rings. The molecule has 0 aliphatic rings. The standard InChI is InChI=1S/C25H40O4S.Ca.2H/c1-4-5-6-7-8-9-10-11-12-13-16-22-17-14-15-18-23(22)19-29-25(28)21(3)30-20(2)24(26)27;;;/h14-15,17-18,20-21H,4-13,16,19H2,1-3H3,(H,26,27);;;/q;+2;2*-1. The number of carboxylic acid groups (broad SMARTS) is 1. The number of rotatable bonds is 17. The van der Waals surface area contributed by atoms with Gasteiger partial charge in [0.1, 0.15) is 17.1 Å². The first-order valence-electron chi connectivity index (χ1n) is 11.6. The molecule has 1 aromatic rings. The predicted molar refractivity (Wildman–Crippen MR) is 134 cm³/mol. The quantitative estimate of drug-likeness (QED) is 0.155. The average molecular weight is 479 g/mol. The molecule has 0 spiro atoms. The minimum atomic E-state index is -0.915. The third-order valence-electron chi connectivity index (χ3n) is 5.38. The van der Waals surface area contributed by atoms with Gasteiger partial charge in [0.2, 0.25) is 0 Å². The van der Waals surface area contributed by atoms with Crippen molar-refractivity contribution < 1.29 is 22.3 Å². The number of aliphatic carboxylic acids is 1. The third kappa shape index (κ3) is 14.5. The van der Waals surface area contributed by atoms with Crippen molar-refractivity contribution in [2.24, 2.45) is 0 Å². The average Bonchev–Trinajstić information content (AvgIpc) is 2.73. The van der Waals surface area contributed by atoms with E-state index in [4.69, 9.17) is 9.84 Å². The topological polar surface area (TPSA) is 63.6 Å². The molecule has 1 aromatic carbocycles. The van der Waals surface area contributed by atoms with E-state index in [1.54, 1.807) is 13.8 Å². The fraction of sp³-hybridized carbons (Fsp3) is 0.680. The number of aryl methyl sites for hydroxylation is 1. The maximum Gasteiger partial charge on any atom is 2.00 e. The summed E-state index contributed by atoms with van der Waals surface area (Å²) in [5.74, 6) is -1.27. The van der Waals surface area contributed by atoms with Gasteiger partial charge in [-0.05, 0) is 37.8 Å². The molecule has 0 aromatic heterocycles. The molecule has 4 nitrogen and oxygen atoms in total. The zero-order valence-electron chi connectivity index (χ0n) is 21.7. The van der Waals surface area contributed by atoms with E-state index < -0.39 is 16.5 Å². The molecule has 1 N–H and O–H groups in total. The van der Waals surface area contributed by atoms with E-state index in [0.29, 0.717) is 0 Å². The van der Waals surface area contributed by atoms with Gasteiger partial charge in [-0.3, -0.25) is 9.59 Å². The maximum atomic E-state index is 12.2. The summed E-state index contributed by atoms with van der Waals surface area (Å²) in [4.78, 5) is 23.1. The van der Waals surface area contributed by atoms with Crippen molar-refractivity contribution in [2.45, 2.75) is 109 Å². The third-order valence-corrected chi connectivity index (χ3v) is 6.59. The SMILES string of the molecule is CCCCCCCCCCCCc1ccccc1COC(=O)C(C)SC(C)C(=O)O.[Ca+2].[H-].[H-]. The Morgan fingerprint density at radius 2 is 1.42 bits per heavy atom. The number of hydrogen-bond donors (Lipinski definition) is 1. The van der Waals surface area contributed by atoms with Crippen LogP contribution in [-0.2, 0) is 27.4 Å². The monoisotopic (exact) mass is 478 g/mol. The Hall–Kier alpha value is -0.230. The molecule has 0 saturated carbocycles. The van der Waals surface area contributed by atoms with E-state index in [1.807, 2.05) is 18.2 Å². The number of benzene rings is 1. The smallest absolute Gasteiger partial charge is 1.00 e. The van der Waals surface area contributed by atoms with Crippen LogP contribution in [-0.4, -0.2) is 65.3 Å². The summed E-state index contributed by atoms with van der Waals surface area (Å²) in [5, 5.41) is 7.85. The van der Waals surface area contributed by atoms with Gasteiger partial charge in [0.15, 0.2) is 0 Å². The summed E-state index contributed by atoms with van der Waals surface area (Å²) in [6, 6.07) is 8.12. The molecular weight excluding hydrogens is 436 g/mol. The molecule has 0 aliphatic heterocycles. The first kappa shape index (κ1) is 30.8. The molecule has 0 heterocycles. The molecular formula is C25H42CaO4S. The Balaban J connectivity index is -0.00000300. The number of thioether (sulfide) groups is 1. The van der Waals surface area contributed by atoms with E-state index in [9.17, 15) is 9.59 Å². The van der Waals surface area contributed by atoms with Gasteiger partial charge < -0.3 is 12.7 Å². The zero-order chi connectivity index (χ0) is 22.2. The van der Waals surface area contributed by atoms with Crippen molar-refractivity contribution in [1.82, 2.24) is 0 Å². The molecule has 0 bridgehead atoms. The number of hydrogen-bond acceptors (Lipinski definition) is 4. The van der Waals surface area contributed by atoms with Crippen LogP contribution in [0.3, 0.4) is 0 Å². The van der Waals surface area contributed by atoms with Gasteiger partial charge in [-0.1, -0.05) is 89.0 Å². The van der Waals surface area contributed by atoms with Gasteiger partial charge in [-0.2, -0.15) is 0 Å². The van der Waals surface area contributed by atoms with E-state index >= 15 is 0 Å². The number of carbonyl (C=O) groups excluding carboxylic acids is 1. The van der Waals surface area contributed by atoms with Crippen LogP contribution in [0.15, 0.2) is 24.3 Å². The maximum absolute atomic E-state index is 12.2. The van der Waals surface area contributed by atoms with Crippen LogP contribution >= 0.6 is 11.8 Å². The number of esters is 1. The molecule has 0 amide bonds. The molecule has 0 saturated heterocycles. The molecule has 0 radical (unpaired) electrons. The van der Waals surface area contributed by atoms with Gasteiger partial charge in [-0.25, -0.2) is 0 Å². The Bertz CT molecular complexity index is 634. The Morgan fingerprint density at radius 3 is 1.97 bits per heavy atom. The van der Waals surface area contributed by atoms with Crippen LogP contribution in [0.5, 0.6) is 0 Å². The second-order valence-electron chi connectivity index (χ2n) is 8.07. The molecule has 2 unspecified atom stereocenters. The van der Waals surface area contributed by atoms with E-state index in [1.165, 1.54) is 63.4 Å². The summed E-state index contributed by atoms with van der Waals surface area (Å²) < 4.78 is 5.46. The number of unbranched alkanes of at least 4 members (excludes halogenated alkanes) is 9. The van der Waals surface area contributed by atoms with Crippen LogP contribution in [0.1, 0.15) is 99.0 Å². The normalized spacial score (nSPS) is 12.6.